The summed E-state index contributed by atoms with van der Waals surface area (Å²) in [6, 6.07) is 9.60. The van der Waals surface area contributed by atoms with E-state index < -0.39 is 10.0 Å². The van der Waals surface area contributed by atoms with Crippen molar-refractivity contribution in [2.24, 2.45) is 0 Å². The molecule has 0 aliphatic carbocycles. The lowest BCUT2D eigenvalue weighted by Gasteiger charge is -2.38. The van der Waals surface area contributed by atoms with E-state index in [0.717, 1.165) is 24.8 Å². The van der Waals surface area contributed by atoms with E-state index in [-0.39, 0.29) is 23.7 Å². The third-order valence-corrected chi connectivity index (χ3v) is 6.95. The van der Waals surface area contributed by atoms with Crippen molar-refractivity contribution in [2.75, 3.05) is 18.8 Å². The van der Waals surface area contributed by atoms with Crippen molar-refractivity contribution < 1.29 is 13.2 Å². The van der Waals surface area contributed by atoms with Crippen LogP contribution < -0.4 is 0 Å². The predicted octanol–water partition coefficient (Wildman–Crippen LogP) is 1.81. The third-order valence-electron chi connectivity index (χ3n) is 5.07. The van der Waals surface area contributed by atoms with Crippen LogP contribution in [-0.4, -0.2) is 54.5 Å². The molecule has 1 aromatic carbocycles. The zero-order valence-electron chi connectivity index (χ0n) is 13.8. The van der Waals surface area contributed by atoms with Gasteiger partial charge in [-0.25, -0.2) is 8.42 Å². The number of sulfonamides is 1. The van der Waals surface area contributed by atoms with E-state index in [9.17, 15) is 13.2 Å². The molecule has 130 valence electrons. The number of carbonyl (C=O) groups excluding carboxylic acids is 1. The fourth-order valence-corrected chi connectivity index (χ4v) is 5.68. The molecule has 0 aromatic heterocycles. The van der Waals surface area contributed by atoms with Crippen LogP contribution in [0.25, 0.3) is 0 Å². The van der Waals surface area contributed by atoms with Gasteiger partial charge in [-0.05, 0) is 37.3 Å². The summed E-state index contributed by atoms with van der Waals surface area (Å²) >= 11 is 0. The van der Waals surface area contributed by atoms with Crippen LogP contribution in [0.15, 0.2) is 43.0 Å². The van der Waals surface area contributed by atoms with E-state index in [1.54, 1.807) is 9.21 Å². The summed E-state index contributed by atoms with van der Waals surface area (Å²) in [4.78, 5) is 13.8. The molecule has 2 saturated heterocycles. The second-order valence-electron chi connectivity index (χ2n) is 6.46. The van der Waals surface area contributed by atoms with E-state index in [0.29, 0.717) is 19.5 Å². The molecule has 24 heavy (non-hydrogen) atoms. The summed E-state index contributed by atoms with van der Waals surface area (Å²) in [7, 11) is -3.32. The summed E-state index contributed by atoms with van der Waals surface area (Å²) in [5.41, 5.74) is 1.03. The average molecular weight is 348 g/mol. The summed E-state index contributed by atoms with van der Waals surface area (Å²) in [6.07, 6.45) is 4.23. The van der Waals surface area contributed by atoms with Crippen LogP contribution in [0.4, 0.5) is 0 Å². The molecule has 2 atom stereocenters. The Morgan fingerprint density at radius 3 is 2.62 bits per heavy atom. The van der Waals surface area contributed by atoms with Crippen LogP contribution in [0.3, 0.4) is 0 Å². The van der Waals surface area contributed by atoms with E-state index in [1.165, 1.54) is 6.08 Å². The normalized spacial score (nSPS) is 24.6. The lowest BCUT2D eigenvalue weighted by Crippen LogP contribution is -2.53. The fourth-order valence-electron chi connectivity index (χ4n) is 3.89. The smallest absolute Gasteiger partial charge is 0.246 e. The number of nitrogens with zero attached hydrogens (tertiary/aromatic N) is 2. The number of carbonyl (C=O) groups is 1. The van der Waals surface area contributed by atoms with Gasteiger partial charge in [-0.3, -0.25) is 4.79 Å². The Bertz CT molecular complexity index is 702. The first kappa shape index (κ1) is 17.2. The molecule has 2 aliphatic rings. The van der Waals surface area contributed by atoms with Crippen LogP contribution in [0.2, 0.25) is 0 Å². The van der Waals surface area contributed by atoms with Gasteiger partial charge in [-0.15, -0.1) is 0 Å². The molecular weight excluding hydrogens is 324 g/mol. The summed E-state index contributed by atoms with van der Waals surface area (Å²) in [5.74, 6) is 0.0290. The van der Waals surface area contributed by atoms with Crippen molar-refractivity contribution in [1.82, 2.24) is 9.21 Å². The monoisotopic (exact) mass is 348 g/mol. The number of piperidine rings is 1. The highest BCUT2D eigenvalue weighted by Crippen LogP contribution is 2.33. The van der Waals surface area contributed by atoms with Crippen molar-refractivity contribution >= 4 is 15.9 Å². The zero-order chi connectivity index (χ0) is 17.2. The predicted molar refractivity (Wildman–Crippen MR) is 94.0 cm³/mol. The molecule has 2 heterocycles. The number of likely N-dealkylation sites (tertiary alicyclic amines) is 1. The molecule has 0 spiro atoms. The standard InChI is InChI=1S/C18H24N2O3S/c1-2-18(21)19-13-10-17-16(19)9-6-12-20(17)24(22,23)14-11-15-7-4-3-5-8-15/h2-5,7-8,16-17H,1,6,9-14H2. The lowest BCUT2D eigenvalue weighted by molar-refractivity contribution is -0.127. The second-order valence-corrected chi connectivity index (χ2v) is 8.50. The number of amides is 1. The van der Waals surface area contributed by atoms with Gasteiger partial charge in [-0.2, -0.15) is 4.31 Å². The van der Waals surface area contributed by atoms with Crippen molar-refractivity contribution in [1.29, 1.82) is 0 Å². The molecule has 0 saturated carbocycles. The Morgan fingerprint density at radius 2 is 1.92 bits per heavy atom. The minimum Gasteiger partial charge on any atom is -0.335 e. The second kappa shape index (κ2) is 7.07. The van der Waals surface area contributed by atoms with Gasteiger partial charge in [0.25, 0.3) is 0 Å². The largest absolute Gasteiger partial charge is 0.335 e. The van der Waals surface area contributed by atoms with E-state index in [2.05, 4.69) is 6.58 Å². The van der Waals surface area contributed by atoms with Crippen LogP contribution in [-0.2, 0) is 21.2 Å². The van der Waals surface area contributed by atoms with Crippen LogP contribution in [0, 0.1) is 0 Å². The summed E-state index contributed by atoms with van der Waals surface area (Å²) in [6.45, 7) is 4.73. The Labute approximate surface area is 144 Å². The molecule has 1 amide bonds. The molecule has 5 nitrogen and oxygen atoms in total. The van der Waals surface area contributed by atoms with Gasteiger partial charge in [0.1, 0.15) is 0 Å². The Balaban J connectivity index is 1.71. The van der Waals surface area contributed by atoms with Gasteiger partial charge in [0.15, 0.2) is 0 Å². The topological polar surface area (TPSA) is 57.7 Å². The minimum absolute atomic E-state index is 0.00393. The Morgan fingerprint density at radius 1 is 1.17 bits per heavy atom. The van der Waals surface area contributed by atoms with Gasteiger partial charge in [0.2, 0.25) is 15.9 Å². The first-order valence-electron chi connectivity index (χ1n) is 8.49. The number of hydrogen-bond acceptors (Lipinski definition) is 3. The van der Waals surface area contributed by atoms with E-state index >= 15 is 0 Å². The molecule has 0 bridgehead atoms. The SMILES string of the molecule is C=CC(=O)N1CCC2C1CCCN2S(=O)(=O)CCc1ccccc1. The van der Waals surface area contributed by atoms with Crippen molar-refractivity contribution in [3.05, 3.63) is 48.6 Å². The van der Waals surface area contributed by atoms with E-state index in [4.69, 9.17) is 0 Å². The van der Waals surface area contributed by atoms with Crippen molar-refractivity contribution in [2.45, 2.75) is 37.8 Å². The highest BCUT2D eigenvalue weighted by molar-refractivity contribution is 7.89. The maximum absolute atomic E-state index is 12.8. The molecule has 6 heteroatoms. The van der Waals surface area contributed by atoms with Gasteiger partial charge in [0.05, 0.1) is 5.75 Å². The number of hydrogen-bond donors (Lipinski definition) is 0. The van der Waals surface area contributed by atoms with Gasteiger partial charge in [0, 0.05) is 25.2 Å². The zero-order valence-corrected chi connectivity index (χ0v) is 14.6. The average Bonchev–Trinajstić information content (AvgIpc) is 3.04. The van der Waals surface area contributed by atoms with Crippen LogP contribution in [0.5, 0.6) is 0 Å². The Hall–Kier alpha value is -1.66. The van der Waals surface area contributed by atoms with Crippen molar-refractivity contribution in [3.63, 3.8) is 0 Å². The molecule has 2 unspecified atom stereocenters. The molecule has 0 radical (unpaired) electrons. The van der Waals surface area contributed by atoms with Crippen LogP contribution in [0.1, 0.15) is 24.8 Å². The Kier molecular flexibility index (Phi) is 5.06. The van der Waals surface area contributed by atoms with Crippen molar-refractivity contribution in [3.8, 4) is 0 Å². The first-order valence-corrected chi connectivity index (χ1v) is 10.1. The van der Waals surface area contributed by atoms with Gasteiger partial charge in [-0.1, -0.05) is 36.9 Å². The molecule has 2 fully saturated rings. The molecule has 0 N–H and O–H groups in total. The number of rotatable bonds is 5. The molecule has 2 aliphatic heterocycles. The van der Waals surface area contributed by atoms with Gasteiger partial charge >= 0.3 is 0 Å². The lowest BCUT2D eigenvalue weighted by atomic mass is 9.99. The van der Waals surface area contributed by atoms with Crippen LogP contribution >= 0.6 is 0 Å². The molecule has 1 aromatic rings. The number of benzene rings is 1. The summed E-state index contributed by atoms with van der Waals surface area (Å²) < 4.78 is 27.4. The highest BCUT2D eigenvalue weighted by atomic mass is 32.2. The third kappa shape index (κ3) is 3.39. The number of fused-ring (bicyclic) bond motifs is 1. The molecular formula is C18H24N2O3S. The van der Waals surface area contributed by atoms with E-state index in [1.807, 2.05) is 30.3 Å². The fraction of sp³-hybridized carbons (Fsp3) is 0.500. The summed E-state index contributed by atoms with van der Waals surface area (Å²) in [5, 5.41) is 0. The maximum Gasteiger partial charge on any atom is 0.246 e. The minimum atomic E-state index is -3.32. The maximum atomic E-state index is 12.8. The first-order chi connectivity index (χ1) is 11.5. The highest BCUT2D eigenvalue weighted by Gasteiger charge is 2.45. The molecule has 3 rings (SSSR count). The number of aryl methyl sites for hydroxylation is 1. The quantitative estimate of drug-likeness (QED) is 0.763. The van der Waals surface area contributed by atoms with Gasteiger partial charge < -0.3 is 4.90 Å².